The first-order valence-electron chi connectivity index (χ1n) is 4.20. The summed E-state index contributed by atoms with van der Waals surface area (Å²) in [5.41, 5.74) is 0. The standard InChI is InChI=1S/C8H12BrNO/c9-7-3-4-10(8(7)11)5-6-1-2-6/h6-7H,1-5H2. The van der Waals surface area contributed by atoms with Gasteiger partial charge in [-0.3, -0.25) is 4.79 Å². The fourth-order valence-corrected chi connectivity index (χ4v) is 1.99. The number of alkyl halides is 1. The average Bonchev–Trinajstić information content (AvgIpc) is 2.74. The Bertz CT molecular complexity index is 179. The second-order valence-electron chi connectivity index (χ2n) is 3.48. The van der Waals surface area contributed by atoms with E-state index in [1.54, 1.807) is 0 Å². The van der Waals surface area contributed by atoms with Crippen molar-refractivity contribution in [2.24, 2.45) is 5.92 Å². The molecule has 0 bridgehead atoms. The summed E-state index contributed by atoms with van der Waals surface area (Å²) < 4.78 is 0. The molecule has 11 heavy (non-hydrogen) atoms. The van der Waals surface area contributed by atoms with Crippen molar-refractivity contribution >= 4 is 21.8 Å². The molecule has 1 unspecified atom stereocenters. The lowest BCUT2D eigenvalue weighted by Crippen LogP contribution is -2.29. The Balaban J connectivity index is 1.88. The lowest BCUT2D eigenvalue weighted by Gasteiger charge is -2.14. The van der Waals surface area contributed by atoms with E-state index in [-0.39, 0.29) is 4.83 Å². The maximum absolute atomic E-state index is 11.3. The minimum absolute atomic E-state index is 0.112. The van der Waals surface area contributed by atoms with Crippen LogP contribution in [-0.2, 0) is 4.79 Å². The molecule has 62 valence electrons. The van der Waals surface area contributed by atoms with Crippen LogP contribution in [0.3, 0.4) is 0 Å². The van der Waals surface area contributed by atoms with Gasteiger partial charge in [0, 0.05) is 13.1 Å². The quantitative estimate of drug-likeness (QED) is 0.641. The van der Waals surface area contributed by atoms with Crippen molar-refractivity contribution in [3.05, 3.63) is 0 Å². The van der Waals surface area contributed by atoms with E-state index >= 15 is 0 Å². The van der Waals surface area contributed by atoms with Crippen molar-refractivity contribution in [1.29, 1.82) is 0 Å². The molecule has 2 aliphatic rings. The molecule has 1 aliphatic carbocycles. The van der Waals surface area contributed by atoms with Crippen molar-refractivity contribution in [3.63, 3.8) is 0 Å². The molecule has 1 amide bonds. The van der Waals surface area contributed by atoms with Gasteiger partial charge in [0.25, 0.3) is 0 Å². The van der Waals surface area contributed by atoms with Crippen molar-refractivity contribution in [2.75, 3.05) is 13.1 Å². The van der Waals surface area contributed by atoms with Crippen LogP contribution >= 0.6 is 15.9 Å². The van der Waals surface area contributed by atoms with Gasteiger partial charge in [-0.05, 0) is 25.2 Å². The average molecular weight is 218 g/mol. The van der Waals surface area contributed by atoms with E-state index in [2.05, 4.69) is 15.9 Å². The van der Waals surface area contributed by atoms with Crippen LogP contribution in [0.1, 0.15) is 19.3 Å². The molecular weight excluding hydrogens is 206 g/mol. The Morgan fingerprint density at radius 2 is 2.18 bits per heavy atom. The summed E-state index contributed by atoms with van der Waals surface area (Å²) in [7, 11) is 0. The molecule has 3 heteroatoms. The van der Waals surface area contributed by atoms with Gasteiger partial charge in [0.15, 0.2) is 0 Å². The van der Waals surface area contributed by atoms with E-state index in [4.69, 9.17) is 0 Å². The van der Waals surface area contributed by atoms with Crippen molar-refractivity contribution in [2.45, 2.75) is 24.1 Å². The monoisotopic (exact) mass is 217 g/mol. The summed E-state index contributed by atoms with van der Waals surface area (Å²) in [6.07, 6.45) is 3.65. The highest BCUT2D eigenvalue weighted by atomic mass is 79.9. The zero-order valence-electron chi connectivity index (χ0n) is 6.42. The predicted molar refractivity (Wildman–Crippen MR) is 46.6 cm³/mol. The van der Waals surface area contributed by atoms with Crippen LogP contribution in [-0.4, -0.2) is 28.7 Å². The molecule has 1 heterocycles. The lowest BCUT2D eigenvalue weighted by atomic mass is 10.4. The van der Waals surface area contributed by atoms with Crippen molar-refractivity contribution in [1.82, 2.24) is 4.90 Å². The van der Waals surface area contributed by atoms with Gasteiger partial charge in [-0.2, -0.15) is 0 Å². The first kappa shape index (κ1) is 7.59. The van der Waals surface area contributed by atoms with Gasteiger partial charge in [0.2, 0.25) is 5.91 Å². The Hall–Kier alpha value is -0.0500. The smallest absolute Gasteiger partial charge is 0.236 e. The van der Waals surface area contributed by atoms with Gasteiger partial charge < -0.3 is 4.90 Å². The number of hydrogen-bond acceptors (Lipinski definition) is 1. The molecular formula is C8H12BrNO. The SMILES string of the molecule is O=C1C(Br)CCN1CC1CC1. The molecule has 1 aliphatic heterocycles. The number of carbonyl (C=O) groups is 1. The van der Waals surface area contributed by atoms with Crippen LogP contribution in [0.15, 0.2) is 0 Å². The summed E-state index contributed by atoms with van der Waals surface area (Å²) in [5, 5.41) is 0. The van der Waals surface area contributed by atoms with Crippen molar-refractivity contribution in [3.8, 4) is 0 Å². The third-order valence-corrected chi connectivity index (χ3v) is 3.26. The Morgan fingerprint density at radius 1 is 1.45 bits per heavy atom. The van der Waals surface area contributed by atoms with E-state index in [9.17, 15) is 4.79 Å². The molecule has 2 nitrogen and oxygen atoms in total. The highest BCUT2D eigenvalue weighted by molar-refractivity contribution is 9.10. The minimum atomic E-state index is 0.112. The lowest BCUT2D eigenvalue weighted by molar-refractivity contribution is -0.127. The number of rotatable bonds is 2. The van der Waals surface area contributed by atoms with Crippen LogP contribution < -0.4 is 0 Å². The van der Waals surface area contributed by atoms with Crippen LogP contribution in [0.25, 0.3) is 0 Å². The Morgan fingerprint density at radius 3 is 2.64 bits per heavy atom. The van der Waals surface area contributed by atoms with Gasteiger partial charge in [0.1, 0.15) is 0 Å². The topological polar surface area (TPSA) is 20.3 Å². The molecule has 0 aromatic heterocycles. The maximum Gasteiger partial charge on any atom is 0.236 e. The summed E-state index contributed by atoms with van der Waals surface area (Å²) >= 11 is 3.36. The van der Waals surface area contributed by atoms with Gasteiger partial charge in [-0.1, -0.05) is 15.9 Å². The summed E-state index contributed by atoms with van der Waals surface area (Å²) in [6, 6.07) is 0. The maximum atomic E-state index is 11.3. The molecule has 1 saturated heterocycles. The van der Waals surface area contributed by atoms with E-state index in [1.807, 2.05) is 4.90 Å². The van der Waals surface area contributed by atoms with E-state index in [1.165, 1.54) is 12.8 Å². The van der Waals surface area contributed by atoms with Crippen LogP contribution in [0.5, 0.6) is 0 Å². The third kappa shape index (κ3) is 1.58. The Labute approximate surface area is 75.1 Å². The molecule has 0 N–H and O–H groups in total. The number of hydrogen-bond donors (Lipinski definition) is 0. The molecule has 0 aromatic carbocycles. The molecule has 1 atom stereocenters. The number of likely N-dealkylation sites (tertiary alicyclic amines) is 1. The molecule has 1 saturated carbocycles. The molecule has 0 aromatic rings. The highest BCUT2D eigenvalue weighted by Crippen LogP contribution is 2.31. The van der Waals surface area contributed by atoms with Crippen LogP contribution in [0, 0.1) is 5.92 Å². The van der Waals surface area contributed by atoms with Crippen LogP contribution in [0.4, 0.5) is 0 Å². The van der Waals surface area contributed by atoms with Gasteiger partial charge in [0.05, 0.1) is 4.83 Å². The highest BCUT2D eigenvalue weighted by Gasteiger charge is 2.33. The van der Waals surface area contributed by atoms with Gasteiger partial charge >= 0.3 is 0 Å². The second kappa shape index (κ2) is 2.77. The first-order valence-corrected chi connectivity index (χ1v) is 5.12. The minimum Gasteiger partial charge on any atom is -0.341 e. The zero-order valence-corrected chi connectivity index (χ0v) is 8.01. The second-order valence-corrected chi connectivity index (χ2v) is 4.59. The third-order valence-electron chi connectivity index (χ3n) is 2.41. The summed E-state index contributed by atoms with van der Waals surface area (Å²) in [6.45, 7) is 1.98. The van der Waals surface area contributed by atoms with E-state index in [0.29, 0.717) is 5.91 Å². The van der Waals surface area contributed by atoms with Crippen molar-refractivity contribution < 1.29 is 4.79 Å². The molecule has 0 radical (unpaired) electrons. The van der Waals surface area contributed by atoms with Gasteiger partial charge in [-0.15, -0.1) is 0 Å². The fourth-order valence-electron chi connectivity index (χ4n) is 1.49. The number of nitrogens with zero attached hydrogens (tertiary/aromatic N) is 1. The largest absolute Gasteiger partial charge is 0.341 e. The molecule has 2 fully saturated rings. The predicted octanol–water partition coefficient (Wildman–Crippen LogP) is 1.39. The summed E-state index contributed by atoms with van der Waals surface area (Å²) in [4.78, 5) is 13.5. The zero-order chi connectivity index (χ0) is 7.84. The summed E-state index contributed by atoms with van der Waals surface area (Å²) in [5.74, 6) is 1.13. The fraction of sp³-hybridized carbons (Fsp3) is 0.875. The number of halogens is 1. The van der Waals surface area contributed by atoms with Crippen LogP contribution in [0.2, 0.25) is 0 Å². The molecule has 0 spiro atoms. The molecule has 2 rings (SSSR count). The first-order chi connectivity index (χ1) is 5.27. The number of carbonyl (C=O) groups excluding carboxylic acids is 1. The van der Waals surface area contributed by atoms with Gasteiger partial charge in [-0.25, -0.2) is 0 Å². The number of amides is 1. The Kier molecular flexibility index (Phi) is 1.91. The van der Waals surface area contributed by atoms with E-state index in [0.717, 1.165) is 25.4 Å². The van der Waals surface area contributed by atoms with E-state index < -0.39 is 0 Å². The normalized spacial score (nSPS) is 31.5.